The number of rotatable bonds is 0. The van der Waals surface area contributed by atoms with Crippen LogP contribution in [0, 0.1) is 5.92 Å². The molecule has 2 unspecified atom stereocenters. The average Bonchev–Trinajstić information content (AvgIpc) is 2.49. The highest BCUT2D eigenvalue weighted by Gasteiger charge is 2.55. The van der Waals surface area contributed by atoms with Crippen LogP contribution in [0.25, 0.3) is 0 Å². The smallest absolute Gasteiger partial charge is 0.0578 e. The van der Waals surface area contributed by atoms with Crippen molar-refractivity contribution in [3.63, 3.8) is 0 Å². The summed E-state index contributed by atoms with van der Waals surface area (Å²) in [6, 6.07) is 1.83. The van der Waals surface area contributed by atoms with Gasteiger partial charge >= 0.3 is 0 Å². The molecule has 10 heavy (non-hydrogen) atoms. The maximum absolute atomic E-state index is 5.79. The van der Waals surface area contributed by atoms with Gasteiger partial charge in [0.25, 0.3) is 0 Å². The van der Waals surface area contributed by atoms with Gasteiger partial charge in [0.1, 0.15) is 0 Å². The van der Waals surface area contributed by atoms with E-state index in [0.717, 1.165) is 12.5 Å². The molecular weight excluding hydrogens is 128 g/mol. The van der Waals surface area contributed by atoms with Crippen LogP contribution in [-0.2, 0) is 0 Å². The van der Waals surface area contributed by atoms with Crippen LogP contribution in [-0.4, -0.2) is 29.7 Å². The first-order chi connectivity index (χ1) is 4.86. The lowest BCUT2D eigenvalue weighted by Gasteiger charge is -2.27. The molecule has 0 amide bonds. The first-order valence-electron chi connectivity index (χ1n) is 3.88. The quantitative estimate of drug-likeness (QED) is 0.355. The molecular formula is C6H12N4. The summed E-state index contributed by atoms with van der Waals surface area (Å²) in [5.41, 5.74) is 6.52. The van der Waals surface area contributed by atoms with Gasteiger partial charge in [-0.2, -0.15) is 0 Å². The van der Waals surface area contributed by atoms with Gasteiger partial charge < -0.3 is 0 Å². The fourth-order valence-electron chi connectivity index (χ4n) is 2.71. The molecule has 0 spiro atoms. The second kappa shape index (κ2) is 1.53. The predicted octanol–water partition coefficient (Wildman–Crippen LogP) is -1.59. The maximum Gasteiger partial charge on any atom is 0.0578 e. The van der Waals surface area contributed by atoms with Gasteiger partial charge in [-0.25, -0.2) is 5.01 Å². The van der Waals surface area contributed by atoms with E-state index in [4.69, 9.17) is 5.84 Å². The van der Waals surface area contributed by atoms with Crippen molar-refractivity contribution in [2.24, 2.45) is 11.8 Å². The monoisotopic (exact) mass is 140 g/mol. The van der Waals surface area contributed by atoms with Gasteiger partial charge in [0.15, 0.2) is 0 Å². The third-order valence-corrected chi connectivity index (χ3v) is 3.11. The predicted molar refractivity (Wildman–Crippen MR) is 36.6 cm³/mol. The first kappa shape index (κ1) is 5.49. The number of nitrogens with one attached hydrogen (secondary N) is 2. The lowest BCUT2D eigenvalue weighted by Crippen LogP contribution is -2.49. The summed E-state index contributed by atoms with van der Waals surface area (Å²) in [5.74, 6) is 6.60. The van der Waals surface area contributed by atoms with Crippen molar-refractivity contribution < 1.29 is 0 Å². The third kappa shape index (κ3) is 0.441. The van der Waals surface area contributed by atoms with Gasteiger partial charge in [0, 0.05) is 18.6 Å². The Labute approximate surface area is 59.7 Å². The van der Waals surface area contributed by atoms with E-state index in [0.29, 0.717) is 18.1 Å². The summed E-state index contributed by atoms with van der Waals surface area (Å²) in [6.07, 6.45) is 1.32. The normalized spacial score (nSPS) is 58.5. The van der Waals surface area contributed by atoms with E-state index in [-0.39, 0.29) is 0 Å². The first-order valence-corrected chi connectivity index (χ1v) is 3.88. The number of hydrazine groups is 2. The van der Waals surface area contributed by atoms with E-state index in [1.807, 2.05) is 5.01 Å². The van der Waals surface area contributed by atoms with Crippen LogP contribution in [0.1, 0.15) is 6.42 Å². The molecule has 2 aliphatic heterocycles. The summed E-state index contributed by atoms with van der Waals surface area (Å²) in [4.78, 5) is 0. The van der Waals surface area contributed by atoms with Crippen molar-refractivity contribution in [3.8, 4) is 0 Å². The van der Waals surface area contributed by atoms with Gasteiger partial charge in [-0.3, -0.25) is 16.7 Å². The van der Waals surface area contributed by atoms with Crippen molar-refractivity contribution in [2.45, 2.75) is 24.5 Å². The molecule has 4 heteroatoms. The Morgan fingerprint density at radius 1 is 1.40 bits per heavy atom. The molecule has 3 fully saturated rings. The van der Waals surface area contributed by atoms with Crippen molar-refractivity contribution >= 4 is 0 Å². The standard InChI is InChI=1S/C6H12N4/c7-10-2-3-1-4-6(10)5(3)9-8-4/h3-6,8-9H,1-2,7H2/t3?,4-,5?,6+/m0/s1. The van der Waals surface area contributed by atoms with Crippen LogP contribution in [0.2, 0.25) is 0 Å². The van der Waals surface area contributed by atoms with Crippen molar-refractivity contribution in [1.29, 1.82) is 0 Å². The van der Waals surface area contributed by atoms with Crippen LogP contribution in [0.3, 0.4) is 0 Å². The Hall–Kier alpha value is -0.160. The Balaban J connectivity index is 1.99. The minimum atomic E-state index is 0.574. The Kier molecular flexibility index (Phi) is 0.840. The van der Waals surface area contributed by atoms with Crippen LogP contribution < -0.4 is 16.7 Å². The topological polar surface area (TPSA) is 53.3 Å². The molecule has 4 bridgehead atoms. The second-order valence-electron chi connectivity index (χ2n) is 3.60. The van der Waals surface area contributed by atoms with Gasteiger partial charge in [-0.15, -0.1) is 0 Å². The maximum atomic E-state index is 5.79. The molecule has 1 aliphatic carbocycles. The van der Waals surface area contributed by atoms with Crippen molar-refractivity contribution in [2.75, 3.05) is 6.54 Å². The minimum Gasteiger partial charge on any atom is -0.268 e. The molecule has 4 nitrogen and oxygen atoms in total. The molecule has 1 saturated carbocycles. The van der Waals surface area contributed by atoms with Crippen molar-refractivity contribution in [1.82, 2.24) is 15.9 Å². The SMILES string of the molecule is NN1CC2C[C@@H]3NNC2[C@@H]31. The van der Waals surface area contributed by atoms with Crippen LogP contribution >= 0.6 is 0 Å². The fraction of sp³-hybridized carbons (Fsp3) is 1.00. The summed E-state index contributed by atoms with van der Waals surface area (Å²) in [6.45, 7) is 1.08. The van der Waals surface area contributed by atoms with E-state index in [1.165, 1.54) is 6.42 Å². The van der Waals surface area contributed by atoms with E-state index >= 15 is 0 Å². The van der Waals surface area contributed by atoms with Gasteiger partial charge in [0.2, 0.25) is 0 Å². The molecule has 3 aliphatic rings. The molecule has 56 valence electrons. The van der Waals surface area contributed by atoms with Gasteiger partial charge in [-0.1, -0.05) is 0 Å². The number of piperidine rings is 1. The molecule has 3 rings (SSSR count). The summed E-state index contributed by atoms with van der Waals surface area (Å²) in [5, 5.41) is 1.98. The molecule has 0 aromatic rings. The highest BCUT2D eigenvalue weighted by atomic mass is 15.6. The van der Waals surface area contributed by atoms with Crippen LogP contribution in [0.5, 0.6) is 0 Å². The second-order valence-corrected chi connectivity index (χ2v) is 3.60. The lowest BCUT2D eigenvalue weighted by molar-refractivity contribution is 0.186. The Morgan fingerprint density at radius 3 is 2.90 bits per heavy atom. The fourth-order valence-corrected chi connectivity index (χ4v) is 2.71. The van der Waals surface area contributed by atoms with Crippen LogP contribution in [0.15, 0.2) is 0 Å². The third-order valence-electron chi connectivity index (χ3n) is 3.11. The van der Waals surface area contributed by atoms with E-state index in [1.54, 1.807) is 0 Å². The molecule has 4 atom stereocenters. The number of hydrogen-bond donors (Lipinski definition) is 3. The van der Waals surface area contributed by atoms with E-state index < -0.39 is 0 Å². The highest BCUT2D eigenvalue weighted by molar-refractivity contribution is 5.12. The number of nitrogens with two attached hydrogens (primary N) is 1. The number of hydrogen-bond acceptors (Lipinski definition) is 4. The zero-order valence-corrected chi connectivity index (χ0v) is 5.75. The van der Waals surface area contributed by atoms with Crippen molar-refractivity contribution in [3.05, 3.63) is 0 Å². The highest BCUT2D eigenvalue weighted by Crippen LogP contribution is 2.38. The summed E-state index contributed by atoms with van der Waals surface area (Å²) < 4.78 is 0. The molecule has 0 aromatic heterocycles. The molecule has 4 N–H and O–H groups in total. The van der Waals surface area contributed by atoms with Gasteiger partial charge in [0.05, 0.1) is 6.04 Å². The molecule has 2 saturated heterocycles. The molecule has 2 heterocycles. The van der Waals surface area contributed by atoms with E-state index in [2.05, 4.69) is 10.9 Å². The largest absolute Gasteiger partial charge is 0.268 e. The van der Waals surface area contributed by atoms with E-state index in [9.17, 15) is 0 Å². The van der Waals surface area contributed by atoms with Gasteiger partial charge in [-0.05, 0) is 12.3 Å². The average molecular weight is 140 g/mol. The molecule has 0 radical (unpaired) electrons. The Morgan fingerprint density at radius 2 is 2.30 bits per heavy atom. The zero-order valence-electron chi connectivity index (χ0n) is 5.75. The van der Waals surface area contributed by atoms with Crippen LogP contribution in [0.4, 0.5) is 0 Å². The Bertz CT molecular complexity index is 169. The summed E-state index contributed by atoms with van der Waals surface area (Å²) >= 11 is 0. The molecule has 0 aromatic carbocycles. The zero-order chi connectivity index (χ0) is 6.72. The summed E-state index contributed by atoms with van der Waals surface area (Å²) in [7, 11) is 0. The minimum absolute atomic E-state index is 0.574. The lowest BCUT2D eigenvalue weighted by atomic mass is 10.1. The number of nitrogens with zero attached hydrogens (tertiary/aromatic N) is 1.